The first kappa shape index (κ1) is 25.9. The highest BCUT2D eigenvalue weighted by molar-refractivity contribution is 5.85. The van der Waals surface area contributed by atoms with Crippen molar-refractivity contribution in [1.82, 2.24) is 0 Å². The lowest BCUT2D eigenvalue weighted by Crippen LogP contribution is -2.58. The highest BCUT2D eigenvalue weighted by Gasteiger charge is 2.55. The fraction of sp³-hybridized carbons (Fsp3) is 0.531. The van der Waals surface area contributed by atoms with E-state index in [0.29, 0.717) is 12.8 Å². The number of aliphatic hydroxyl groups is 2. The first-order valence-corrected chi connectivity index (χ1v) is 13.0. The first-order valence-electron chi connectivity index (χ1n) is 13.0. The molecule has 2 N–H and O–H groups in total. The van der Waals surface area contributed by atoms with Crippen molar-refractivity contribution < 1.29 is 14.8 Å². The topological polar surface area (TPSA) is 44.3 Å². The minimum atomic E-state index is -0.991. The molecule has 4 rings (SSSR count). The lowest BCUT2D eigenvalue weighted by atomic mass is 9.55. The van der Waals surface area contributed by atoms with Crippen molar-refractivity contribution in [2.45, 2.75) is 84.8 Å². The van der Waals surface area contributed by atoms with Gasteiger partial charge in [0.15, 0.2) is 12.4 Å². The van der Waals surface area contributed by atoms with Crippen LogP contribution in [0, 0.1) is 24.2 Å². The van der Waals surface area contributed by atoms with E-state index in [0.717, 1.165) is 11.1 Å². The summed E-state index contributed by atoms with van der Waals surface area (Å²) >= 11 is 0. The third kappa shape index (κ3) is 4.66. The molecule has 1 fully saturated rings. The van der Waals surface area contributed by atoms with Crippen LogP contribution < -0.4 is 4.57 Å². The Bertz CT molecular complexity index is 1170. The summed E-state index contributed by atoms with van der Waals surface area (Å²) in [6, 6.07) is 8.86. The summed E-state index contributed by atoms with van der Waals surface area (Å²) in [6.07, 6.45) is 11.8. The predicted molar refractivity (Wildman–Crippen MR) is 146 cm³/mol. The molecule has 0 radical (unpaired) electrons. The largest absolute Gasteiger partial charge is 0.389 e. The molecule has 1 heterocycles. The first-order chi connectivity index (χ1) is 16.0. The summed E-state index contributed by atoms with van der Waals surface area (Å²) in [7, 11) is 2.02. The third-order valence-electron chi connectivity index (χ3n) is 8.81. The van der Waals surface area contributed by atoms with E-state index < -0.39 is 11.2 Å². The molecule has 1 aromatic heterocycles. The van der Waals surface area contributed by atoms with Crippen molar-refractivity contribution in [2.75, 3.05) is 0 Å². The molecular formula is C32H44NO2+. The van der Waals surface area contributed by atoms with E-state index in [1.54, 1.807) is 0 Å². The molecule has 35 heavy (non-hydrogen) atoms. The van der Waals surface area contributed by atoms with Crippen molar-refractivity contribution in [3.63, 3.8) is 0 Å². The van der Waals surface area contributed by atoms with Crippen molar-refractivity contribution in [3.05, 3.63) is 70.6 Å². The average molecular weight is 475 g/mol. The monoisotopic (exact) mass is 474 g/mol. The fourth-order valence-corrected chi connectivity index (χ4v) is 5.74. The van der Waals surface area contributed by atoms with Crippen LogP contribution in [0.3, 0.4) is 0 Å². The zero-order valence-electron chi connectivity index (χ0n) is 23.1. The van der Waals surface area contributed by atoms with Crippen LogP contribution in [0.1, 0.15) is 89.1 Å². The average Bonchev–Trinajstić information content (AvgIpc) is 2.73. The number of pyridine rings is 1. The molecule has 4 bridgehead atoms. The van der Waals surface area contributed by atoms with E-state index in [4.69, 9.17) is 0 Å². The van der Waals surface area contributed by atoms with Crippen LogP contribution in [0.15, 0.2) is 42.7 Å². The minimum Gasteiger partial charge on any atom is -0.389 e. The number of aryl methyl sites for hydroxylation is 1. The molecule has 1 saturated carbocycles. The zero-order valence-corrected chi connectivity index (χ0v) is 23.1. The number of nitrogens with zero attached hydrogens (tertiary/aromatic N) is 1. The number of hydrogen-bond donors (Lipinski definition) is 2. The van der Waals surface area contributed by atoms with Crippen LogP contribution in [0.5, 0.6) is 0 Å². The highest BCUT2D eigenvalue weighted by Crippen LogP contribution is 2.55. The zero-order chi connectivity index (χ0) is 26.0. The van der Waals surface area contributed by atoms with Gasteiger partial charge < -0.3 is 10.2 Å². The predicted octanol–water partition coefficient (Wildman–Crippen LogP) is 6.24. The summed E-state index contributed by atoms with van der Waals surface area (Å²) in [5, 5.41) is 24.1. The van der Waals surface area contributed by atoms with Crippen LogP contribution in [0.4, 0.5) is 0 Å². The lowest BCUT2D eigenvalue weighted by Gasteiger charge is -2.54. The summed E-state index contributed by atoms with van der Waals surface area (Å²) in [5.74, 6) is -0.394. The van der Waals surface area contributed by atoms with Crippen LogP contribution in [-0.2, 0) is 12.5 Å². The Balaban J connectivity index is 2.05. The lowest BCUT2D eigenvalue weighted by molar-refractivity contribution is -0.671. The third-order valence-corrected chi connectivity index (χ3v) is 8.81. The van der Waals surface area contributed by atoms with Gasteiger partial charge >= 0.3 is 0 Å². The second kappa shape index (κ2) is 8.42. The molecule has 2 aromatic rings. The van der Waals surface area contributed by atoms with Gasteiger partial charge in [-0.15, -0.1) is 0 Å². The molecule has 0 saturated heterocycles. The van der Waals surface area contributed by atoms with E-state index in [1.807, 2.05) is 18.5 Å². The number of rotatable bonds is 1. The van der Waals surface area contributed by atoms with Crippen LogP contribution in [0.25, 0.3) is 17.7 Å². The molecule has 4 atom stereocenters. The van der Waals surface area contributed by atoms with E-state index in [-0.39, 0.29) is 22.7 Å². The van der Waals surface area contributed by atoms with E-state index in [1.165, 1.54) is 22.3 Å². The highest BCUT2D eigenvalue weighted by atomic mass is 16.3. The number of hydrogen-bond acceptors (Lipinski definition) is 2. The molecule has 188 valence electrons. The van der Waals surface area contributed by atoms with Crippen LogP contribution >= 0.6 is 0 Å². The maximum Gasteiger partial charge on any atom is 0.169 e. The molecule has 0 amide bonds. The summed E-state index contributed by atoms with van der Waals surface area (Å²) in [5.41, 5.74) is 4.93. The van der Waals surface area contributed by atoms with Crippen LogP contribution in [-0.4, -0.2) is 21.4 Å². The fourth-order valence-electron chi connectivity index (χ4n) is 5.74. The Labute approximate surface area is 212 Å². The summed E-state index contributed by atoms with van der Waals surface area (Å²) < 4.78 is 2.03. The Morgan fingerprint density at radius 1 is 0.943 bits per heavy atom. The standard InChI is InChI=1S/C32H44NO2/c1-21-23-10-11-25-19-32(35,30(5,6)7)20-28(31(25,8)34)27(22-12-14-33(9)15-13-22)18-24(21)17-26(16-23)29(2,3)4/h10-18,25,28,34-35H,19-20H2,1-9H3/q+1/b11-10-,27-18-. The van der Waals surface area contributed by atoms with Gasteiger partial charge in [0, 0.05) is 24.0 Å². The maximum absolute atomic E-state index is 12.1. The second-order valence-corrected chi connectivity index (χ2v) is 13.3. The van der Waals surface area contributed by atoms with Gasteiger partial charge in [0.25, 0.3) is 0 Å². The molecule has 2 aliphatic carbocycles. The van der Waals surface area contributed by atoms with E-state index >= 15 is 0 Å². The maximum atomic E-state index is 12.1. The molecular weight excluding hydrogens is 430 g/mol. The van der Waals surface area contributed by atoms with Crippen LogP contribution in [0.2, 0.25) is 0 Å². The van der Waals surface area contributed by atoms with Gasteiger partial charge in [-0.1, -0.05) is 71.9 Å². The van der Waals surface area contributed by atoms with Crippen molar-refractivity contribution >= 4 is 17.7 Å². The molecule has 2 aliphatic rings. The normalized spacial score (nSPS) is 31.5. The summed E-state index contributed by atoms with van der Waals surface area (Å²) in [4.78, 5) is 0. The Morgan fingerprint density at radius 3 is 2.11 bits per heavy atom. The molecule has 4 unspecified atom stereocenters. The minimum absolute atomic E-state index is 0.0253. The summed E-state index contributed by atoms with van der Waals surface area (Å²) in [6.45, 7) is 17.3. The Morgan fingerprint density at radius 2 is 1.54 bits per heavy atom. The van der Waals surface area contributed by atoms with Crippen molar-refractivity contribution in [2.24, 2.45) is 24.3 Å². The van der Waals surface area contributed by atoms with Gasteiger partial charge in [-0.2, -0.15) is 0 Å². The van der Waals surface area contributed by atoms with Crippen molar-refractivity contribution in [3.8, 4) is 0 Å². The van der Waals surface area contributed by atoms with Crippen molar-refractivity contribution in [1.29, 1.82) is 0 Å². The molecule has 0 aliphatic heterocycles. The smallest absolute Gasteiger partial charge is 0.169 e. The molecule has 3 heteroatoms. The van der Waals surface area contributed by atoms with Gasteiger partial charge in [0.1, 0.15) is 7.05 Å². The Kier molecular flexibility index (Phi) is 6.22. The van der Waals surface area contributed by atoms with Gasteiger partial charge in [-0.25, -0.2) is 4.57 Å². The molecule has 0 spiro atoms. The van der Waals surface area contributed by atoms with Gasteiger partial charge in [0.2, 0.25) is 0 Å². The van der Waals surface area contributed by atoms with E-state index in [2.05, 4.69) is 103 Å². The molecule has 3 nitrogen and oxygen atoms in total. The van der Waals surface area contributed by atoms with Gasteiger partial charge in [0.05, 0.1) is 11.2 Å². The molecule has 1 aromatic carbocycles. The Hall–Kier alpha value is -2.23. The van der Waals surface area contributed by atoms with E-state index in [9.17, 15) is 10.2 Å². The van der Waals surface area contributed by atoms with Gasteiger partial charge in [-0.05, 0) is 70.9 Å². The van der Waals surface area contributed by atoms with Gasteiger partial charge in [-0.3, -0.25) is 0 Å². The number of aromatic nitrogens is 1. The second-order valence-electron chi connectivity index (χ2n) is 13.3. The SMILES string of the molecule is Cc1c2cc(C(C)(C)C)cc1/C=C(/c1cc[n+](C)cc1)C1CC(O)(C(C)(C)C)CC(/C=C\2)C1(C)O. The number of fused-ring (bicyclic) bond motifs is 4. The quantitative estimate of drug-likeness (QED) is 0.481. The number of benzene rings is 1.